The summed E-state index contributed by atoms with van der Waals surface area (Å²) in [4.78, 5) is 35.5. The Morgan fingerprint density at radius 2 is 1.96 bits per heavy atom. The van der Waals surface area contributed by atoms with Gasteiger partial charge in [-0.2, -0.15) is 0 Å². The lowest BCUT2D eigenvalue weighted by Crippen LogP contribution is -2.53. The Kier molecular flexibility index (Phi) is 4.27. The molecule has 2 bridgehead atoms. The number of fused-ring (bicyclic) bond motifs is 2. The predicted octanol–water partition coefficient (Wildman–Crippen LogP) is 1.92. The molecule has 7 heteroatoms. The Balaban J connectivity index is 1.81. The Morgan fingerprint density at radius 1 is 1.22 bits per heavy atom. The van der Waals surface area contributed by atoms with Crippen LogP contribution in [0.3, 0.4) is 0 Å². The number of benzene rings is 1. The van der Waals surface area contributed by atoms with E-state index in [1.54, 1.807) is 24.3 Å². The third-order valence-corrected chi connectivity index (χ3v) is 4.66. The van der Waals surface area contributed by atoms with E-state index in [1.807, 2.05) is 6.07 Å². The topological polar surface area (TPSA) is 85.3 Å². The van der Waals surface area contributed by atoms with Crippen LogP contribution in [0.4, 0.5) is 0 Å². The van der Waals surface area contributed by atoms with E-state index in [0.717, 1.165) is 6.42 Å². The molecule has 4 atom stereocenters. The molecule has 0 amide bonds. The summed E-state index contributed by atoms with van der Waals surface area (Å²) < 4.78 is 10.4. The number of methoxy groups -OCH3 is 1. The van der Waals surface area contributed by atoms with Gasteiger partial charge in [0.2, 0.25) is 0 Å². The molecule has 0 radical (unpaired) electrons. The number of rotatable bonds is 4. The molecule has 2 aliphatic rings. The largest absolute Gasteiger partial charge is 0.469 e. The average molecular weight is 318 g/mol. The van der Waals surface area contributed by atoms with Crippen LogP contribution in [0.25, 0.3) is 0 Å². The van der Waals surface area contributed by atoms with Gasteiger partial charge < -0.3 is 9.47 Å². The quantitative estimate of drug-likeness (QED) is 0.623. The van der Waals surface area contributed by atoms with Gasteiger partial charge in [0, 0.05) is 6.42 Å². The van der Waals surface area contributed by atoms with Crippen molar-refractivity contribution in [1.29, 1.82) is 0 Å². The molecule has 0 spiro atoms. The fourth-order valence-corrected chi connectivity index (χ4v) is 3.60. The predicted molar refractivity (Wildman–Crippen MR) is 80.2 cm³/mol. The van der Waals surface area contributed by atoms with Gasteiger partial charge in [0.25, 0.3) is 0 Å². The van der Waals surface area contributed by atoms with E-state index in [0.29, 0.717) is 18.4 Å². The molecule has 4 unspecified atom stereocenters. The number of carbonyl (C=O) groups is 2. The van der Waals surface area contributed by atoms with Crippen molar-refractivity contribution in [1.82, 2.24) is 5.01 Å². The van der Waals surface area contributed by atoms with Gasteiger partial charge in [-0.1, -0.05) is 18.2 Å². The molecule has 2 fully saturated rings. The van der Waals surface area contributed by atoms with E-state index in [-0.39, 0.29) is 12.1 Å². The van der Waals surface area contributed by atoms with Crippen molar-refractivity contribution in [2.75, 3.05) is 7.11 Å². The van der Waals surface area contributed by atoms with Crippen LogP contribution < -0.4 is 0 Å². The zero-order valence-corrected chi connectivity index (χ0v) is 12.8. The summed E-state index contributed by atoms with van der Waals surface area (Å²) >= 11 is 0. The molecule has 0 aliphatic carbocycles. The molecule has 2 saturated heterocycles. The first-order valence-corrected chi connectivity index (χ1v) is 7.61. The number of hydrogen-bond acceptors (Lipinski definition) is 6. The van der Waals surface area contributed by atoms with Crippen molar-refractivity contribution in [3.05, 3.63) is 40.8 Å². The summed E-state index contributed by atoms with van der Waals surface area (Å²) in [6.45, 7) is 0. The molecule has 2 aliphatic heterocycles. The highest BCUT2D eigenvalue weighted by atomic mass is 16.6. The number of carbonyl (C=O) groups excluding carboxylic acids is 2. The highest BCUT2D eigenvalue weighted by Gasteiger charge is 2.53. The van der Waals surface area contributed by atoms with Crippen LogP contribution in [0, 0.1) is 10.8 Å². The van der Waals surface area contributed by atoms with Crippen LogP contribution in [-0.2, 0) is 14.3 Å². The van der Waals surface area contributed by atoms with Crippen LogP contribution >= 0.6 is 0 Å². The molecular formula is C16H18N2O5. The number of piperidine rings is 1. The van der Waals surface area contributed by atoms with E-state index < -0.39 is 24.0 Å². The number of nitroso groups, excluding NO2 is 1. The number of ether oxygens (including phenoxy) is 2. The molecule has 23 heavy (non-hydrogen) atoms. The number of hydrogen-bond donors (Lipinski definition) is 0. The zero-order valence-electron chi connectivity index (χ0n) is 12.8. The van der Waals surface area contributed by atoms with Gasteiger partial charge >= 0.3 is 11.9 Å². The van der Waals surface area contributed by atoms with Gasteiger partial charge in [-0.15, -0.1) is 4.91 Å². The first-order chi connectivity index (χ1) is 11.2. The van der Waals surface area contributed by atoms with Gasteiger partial charge in [0.1, 0.15) is 12.0 Å². The van der Waals surface area contributed by atoms with Gasteiger partial charge in [-0.05, 0) is 25.0 Å². The Morgan fingerprint density at radius 3 is 2.61 bits per heavy atom. The van der Waals surface area contributed by atoms with Crippen LogP contribution in [0.2, 0.25) is 0 Å². The molecule has 1 aromatic carbocycles. The first kappa shape index (κ1) is 15.5. The highest BCUT2D eigenvalue weighted by molar-refractivity contribution is 5.89. The van der Waals surface area contributed by atoms with E-state index >= 15 is 0 Å². The third kappa shape index (κ3) is 2.78. The third-order valence-electron chi connectivity index (χ3n) is 4.66. The van der Waals surface area contributed by atoms with E-state index in [2.05, 4.69) is 5.29 Å². The highest BCUT2D eigenvalue weighted by Crippen LogP contribution is 2.41. The molecular weight excluding hydrogens is 300 g/mol. The van der Waals surface area contributed by atoms with Crippen molar-refractivity contribution >= 4 is 11.9 Å². The smallest absolute Gasteiger partial charge is 0.338 e. The molecule has 1 aromatic rings. The van der Waals surface area contributed by atoms with E-state index in [4.69, 9.17) is 9.47 Å². The fourth-order valence-electron chi connectivity index (χ4n) is 3.60. The maximum Gasteiger partial charge on any atom is 0.338 e. The molecule has 0 aromatic heterocycles. The Bertz CT molecular complexity index is 606. The molecule has 0 N–H and O–H groups in total. The maximum atomic E-state index is 12.3. The monoisotopic (exact) mass is 318 g/mol. The summed E-state index contributed by atoms with van der Waals surface area (Å²) in [6, 6.07) is 8.16. The van der Waals surface area contributed by atoms with Crippen molar-refractivity contribution in [3.63, 3.8) is 0 Å². The van der Waals surface area contributed by atoms with E-state index in [9.17, 15) is 14.5 Å². The van der Waals surface area contributed by atoms with Crippen LogP contribution in [0.15, 0.2) is 35.6 Å². The van der Waals surface area contributed by atoms with Crippen LogP contribution in [0.5, 0.6) is 0 Å². The van der Waals surface area contributed by atoms with Crippen molar-refractivity contribution < 1.29 is 19.1 Å². The molecule has 2 heterocycles. The second kappa shape index (κ2) is 6.36. The lowest BCUT2D eigenvalue weighted by molar-refractivity contribution is -0.156. The standard InChI is InChI=1S/C16H18N2O5/c1-22-16(20)14-12-8-7-11(18(12)17-21)9-13(14)23-15(19)10-5-3-2-4-6-10/h2-6,11-14H,7-9H2,1H3. The second-order valence-corrected chi connectivity index (χ2v) is 5.85. The number of nitrogens with zero attached hydrogens (tertiary/aromatic N) is 2. The zero-order chi connectivity index (χ0) is 16.4. The van der Waals surface area contributed by atoms with Gasteiger partial charge in [0.15, 0.2) is 0 Å². The average Bonchev–Trinajstić information content (AvgIpc) is 2.88. The normalized spacial score (nSPS) is 29.0. The van der Waals surface area contributed by atoms with Gasteiger partial charge in [-0.25, -0.2) is 4.79 Å². The van der Waals surface area contributed by atoms with Crippen LogP contribution in [-0.4, -0.2) is 42.2 Å². The number of esters is 2. The molecule has 7 nitrogen and oxygen atoms in total. The van der Waals surface area contributed by atoms with Gasteiger partial charge in [-0.3, -0.25) is 9.80 Å². The summed E-state index contributed by atoms with van der Waals surface area (Å²) in [5, 5.41) is 4.47. The SMILES string of the molecule is COC(=O)C1C(OC(=O)c2ccccc2)CC2CCC1N2N=O. The maximum absolute atomic E-state index is 12.3. The van der Waals surface area contributed by atoms with Crippen molar-refractivity contribution in [2.45, 2.75) is 37.5 Å². The minimum absolute atomic E-state index is 0.0908. The lowest BCUT2D eigenvalue weighted by Gasteiger charge is -2.39. The summed E-state index contributed by atoms with van der Waals surface area (Å²) in [5.74, 6) is -1.64. The lowest BCUT2D eigenvalue weighted by atomic mass is 9.88. The summed E-state index contributed by atoms with van der Waals surface area (Å²) in [6.07, 6.45) is 1.21. The van der Waals surface area contributed by atoms with Crippen LogP contribution in [0.1, 0.15) is 29.6 Å². The van der Waals surface area contributed by atoms with Crippen molar-refractivity contribution in [3.8, 4) is 0 Å². The summed E-state index contributed by atoms with van der Waals surface area (Å²) in [7, 11) is 1.29. The van der Waals surface area contributed by atoms with Gasteiger partial charge in [0.05, 0.1) is 30.0 Å². The molecule has 0 saturated carbocycles. The van der Waals surface area contributed by atoms with E-state index in [1.165, 1.54) is 12.1 Å². The minimum Gasteiger partial charge on any atom is -0.469 e. The van der Waals surface area contributed by atoms with Crippen molar-refractivity contribution in [2.24, 2.45) is 11.2 Å². The first-order valence-electron chi connectivity index (χ1n) is 7.61. The summed E-state index contributed by atoms with van der Waals surface area (Å²) in [5.41, 5.74) is 0.430. The molecule has 122 valence electrons. The second-order valence-electron chi connectivity index (χ2n) is 5.85. The molecule has 3 rings (SSSR count). The Labute approximate surface area is 133 Å². The minimum atomic E-state index is -0.691. The Hall–Kier alpha value is -2.44. The fraction of sp³-hybridized carbons (Fsp3) is 0.500.